The number of piperidine rings is 1. The van der Waals surface area contributed by atoms with Crippen LogP contribution in [0.25, 0.3) is 0 Å². The van der Waals surface area contributed by atoms with Crippen LogP contribution in [0.2, 0.25) is 0 Å². The van der Waals surface area contributed by atoms with Gasteiger partial charge in [-0.25, -0.2) is 4.98 Å². The number of allylic oxidation sites excluding steroid dienone is 2. The average molecular weight is 359 g/mol. The molecule has 1 aromatic heterocycles. The van der Waals surface area contributed by atoms with Gasteiger partial charge in [-0.3, -0.25) is 0 Å². The average Bonchev–Trinajstić information content (AvgIpc) is 3.16. The first-order valence-electron chi connectivity index (χ1n) is 10.2. The maximum Gasteiger partial charge on any atom is 0.224 e. The monoisotopic (exact) mass is 358 g/mol. The molecule has 1 saturated carbocycles. The normalized spacial score (nSPS) is 19.7. The molecule has 26 heavy (non-hydrogen) atoms. The van der Waals surface area contributed by atoms with Crippen molar-refractivity contribution in [2.24, 2.45) is 0 Å². The highest BCUT2D eigenvalue weighted by Crippen LogP contribution is 2.26. The lowest BCUT2D eigenvalue weighted by atomic mass is 10.0. The van der Waals surface area contributed by atoms with Crippen LogP contribution in [-0.2, 0) is 0 Å². The SMILES string of the molecule is CC/C=C(/C)N1CCC(Nc2ncc(NC)c(NC3CCCC3)n2)CC1. The van der Waals surface area contributed by atoms with Crippen LogP contribution in [0.15, 0.2) is 18.0 Å². The van der Waals surface area contributed by atoms with Crippen molar-refractivity contribution in [1.29, 1.82) is 0 Å². The van der Waals surface area contributed by atoms with Gasteiger partial charge in [0.05, 0.1) is 11.9 Å². The topological polar surface area (TPSA) is 65.1 Å². The number of aromatic nitrogens is 2. The largest absolute Gasteiger partial charge is 0.384 e. The second-order valence-electron chi connectivity index (χ2n) is 7.49. The van der Waals surface area contributed by atoms with E-state index >= 15 is 0 Å². The zero-order valence-electron chi connectivity index (χ0n) is 16.5. The zero-order valence-corrected chi connectivity index (χ0v) is 16.5. The molecule has 0 bridgehead atoms. The lowest BCUT2D eigenvalue weighted by Crippen LogP contribution is -2.38. The smallest absolute Gasteiger partial charge is 0.224 e. The fraction of sp³-hybridized carbons (Fsp3) is 0.700. The summed E-state index contributed by atoms with van der Waals surface area (Å²) < 4.78 is 0. The van der Waals surface area contributed by atoms with Gasteiger partial charge in [0.15, 0.2) is 5.82 Å². The quantitative estimate of drug-likeness (QED) is 0.683. The Kier molecular flexibility index (Phi) is 6.58. The zero-order chi connectivity index (χ0) is 18.4. The summed E-state index contributed by atoms with van der Waals surface area (Å²) in [5.74, 6) is 1.67. The Bertz CT molecular complexity index is 600. The van der Waals surface area contributed by atoms with Gasteiger partial charge in [-0.1, -0.05) is 25.8 Å². The predicted octanol–water partition coefficient (Wildman–Crippen LogP) is 4.06. The maximum absolute atomic E-state index is 4.76. The fourth-order valence-electron chi connectivity index (χ4n) is 3.99. The third kappa shape index (κ3) is 4.80. The number of nitrogens with zero attached hydrogens (tertiary/aromatic N) is 3. The van der Waals surface area contributed by atoms with Crippen molar-refractivity contribution in [3.05, 3.63) is 18.0 Å². The minimum Gasteiger partial charge on any atom is -0.384 e. The van der Waals surface area contributed by atoms with Crippen molar-refractivity contribution in [3.63, 3.8) is 0 Å². The molecule has 3 N–H and O–H groups in total. The molecule has 0 aromatic carbocycles. The molecule has 2 heterocycles. The van der Waals surface area contributed by atoms with Crippen LogP contribution in [0.1, 0.15) is 58.8 Å². The number of likely N-dealkylation sites (tertiary alicyclic amines) is 1. The van der Waals surface area contributed by atoms with Crippen molar-refractivity contribution in [3.8, 4) is 0 Å². The van der Waals surface area contributed by atoms with Crippen LogP contribution in [-0.4, -0.2) is 47.1 Å². The maximum atomic E-state index is 4.76. The van der Waals surface area contributed by atoms with Crippen LogP contribution >= 0.6 is 0 Å². The summed E-state index contributed by atoms with van der Waals surface area (Å²) in [4.78, 5) is 11.8. The summed E-state index contributed by atoms with van der Waals surface area (Å²) in [6, 6.07) is 0.988. The van der Waals surface area contributed by atoms with Gasteiger partial charge in [0.1, 0.15) is 0 Å². The van der Waals surface area contributed by atoms with Crippen molar-refractivity contribution in [2.45, 2.75) is 70.9 Å². The molecular weight excluding hydrogens is 324 g/mol. The lowest BCUT2D eigenvalue weighted by molar-refractivity contribution is 0.271. The van der Waals surface area contributed by atoms with Crippen LogP contribution in [0.5, 0.6) is 0 Å². The third-order valence-corrected chi connectivity index (χ3v) is 5.58. The predicted molar refractivity (Wildman–Crippen MR) is 110 cm³/mol. The molecule has 1 saturated heterocycles. The first-order chi connectivity index (χ1) is 12.7. The molecule has 2 aliphatic rings. The van der Waals surface area contributed by atoms with E-state index in [4.69, 9.17) is 4.98 Å². The van der Waals surface area contributed by atoms with E-state index in [1.54, 1.807) is 0 Å². The molecular formula is C20H34N6. The fourth-order valence-corrected chi connectivity index (χ4v) is 3.99. The summed E-state index contributed by atoms with van der Waals surface area (Å²) in [7, 11) is 1.92. The van der Waals surface area contributed by atoms with Gasteiger partial charge in [-0.15, -0.1) is 0 Å². The Morgan fingerprint density at radius 1 is 1.15 bits per heavy atom. The molecule has 2 fully saturated rings. The molecule has 0 spiro atoms. The number of hydrogen-bond donors (Lipinski definition) is 3. The van der Waals surface area contributed by atoms with Gasteiger partial charge in [0.25, 0.3) is 0 Å². The summed E-state index contributed by atoms with van der Waals surface area (Å²) in [5, 5.41) is 10.4. The minimum absolute atomic E-state index is 0.445. The Morgan fingerprint density at radius 2 is 1.85 bits per heavy atom. The Balaban J connectivity index is 1.58. The number of nitrogens with one attached hydrogen (secondary N) is 3. The standard InChI is InChI=1S/C20H34N6/c1-4-7-15(2)26-12-10-17(11-13-26)24-20-22-14-18(21-3)19(25-20)23-16-8-5-6-9-16/h7,14,16-17,21H,4-6,8-13H2,1-3H3,(H2,22,23,24,25)/b15-7-. The highest BCUT2D eigenvalue weighted by molar-refractivity contribution is 5.65. The van der Waals surface area contributed by atoms with Gasteiger partial charge < -0.3 is 20.9 Å². The summed E-state index contributed by atoms with van der Waals surface area (Å²) in [6.45, 7) is 6.61. The van der Waals surface area contributed by atoms with Crippen molar-refractivity contribution in [1.82, 2.24) is 14.9 Å². The van der Waals surface area contributed by atoms with E-state index in [0.29, 0.717) is 12.1 Å². The molecule has 0 atom stereocenters. The second-order valence-corrected chi connectivity index (χ2v) is 7.49. The van der Waals surface area contributed by atoms with Gasteiger partial charge in [0, 0.05) is 37.9 Å². The summed E-state index contributed by atoms with van der Waals surface area (Å²) in [6.07, 6.45) is 12.6. The van der Waals surface area contributed by atoms with E-state index in [9.17, 15) is 0 Å². The second kappa shape index (κ2) is 9.10. The van der Waals surface area contributed by atoms with Gasteiger partial charge in [0.2, 0.25) is 5.95 Å². The van der Waals surface area contributed by atoms with E-state index < -0.39 is 0 Å². The minimum atomic E-state index is 0.445. The molecule has 6 nitrogen and oxygen atoms in total. The molecule has 6 heteroatoms. The lowest BCUT2D eigenvalue weighted by Gasteiger charge is -2.34. The molecule has 1 aromatic rings. The van der Waals surface area contributed by atoms with E-state index in [1.165, 1.54) is 31.4 Å². The van der Waals surface area contributed by atoms with Crippen molar-refractivity contribution < 1.29 is 0 Å². The van der Waals surface area contributed by atoms with Crippen LogP contribution in [0, 0.1) is 0 Å². The molecule has 1 aliphatic carbocycles. The molecule has 144 valence electrons. The Morgan fingerprint density at radius 3 is 2.50 bits per heavy atom. The van der Waals surface area contributed by atoms with Gasteiger partial charge in [-0.05, 0) is 39.0 Å². The number of anilines is 3. The molecule has 0 amide bonds. The molecule has 1 aliphatic heterocycles. The van der Waals surface area contributed by atoms with Crippen molar-refractivity contribution in [2.75, 3.05) is 36.1 Å². The van der Waals surface area contributed by atoms with Crippen molar-refractivity contribution >= 4 is 17.5 Å². The first-order valence-corrected chi connectivity index (χ1v) is 10.2. The molecule has 0 radical (unpaired) electrons. The highest BCUT2D eigenvalue weighted by atomic mass is 15.2. The molecule has 0 unspecified atom stereocenters. The van der Waals surface area contributed by atoms with E-state index in [0.717, 1.165) is 49.8 Å². The van der Waals surface area contributed by atoms with E-state index in [-0.39, 0.29) is 0 Å². The van der Waals surface area contributed by atoms with Gasteiger partial charge in [-0.2, -0.15) is 4.98 Å². The van der Waals surface area contributed by atoms with E-state index in [2.05, 4.69) is 45.8 Å². The van der Waals surface area contributed by atoms with Gasteiger partial charge >= 0.3 is 0 Å². The van der Waals surface area contributed by atoms with E-state index in [1.807, 2.05) is 13.2 Å². The van der Waals surface area contributed by atoms with Crippen LogP contribution in [0.4, 0.5) is 17.5 Å². The first kappa shape index (κ1) is 18.8. The Hall–Kier alpha value is -1.98. The highest BCUT2D eigenvalue weighted by Gasteiger charge is 2.21. The number of rotatable bonds is 7. The molecule has 3 rings (SSSR count). The third-order valence-electron chi connectivity index (χ3n) is 5.58. The van der Waals surface area contributed by atoms with Crippen LogP contribution < -0.4 is 16.0 Å². The summed E-state index contributed by atoms with van der Waals surface area (Å²) >= 11 is 0. The summed E-state index contributed by atoms with van der Waals surface area (Å²) in [5.41, 5.74) is 2.38. The number of hydrogen-bond acceptors (Lipinski definition) is 6. The van der Waals surface area contributed by atoms with Crippen LogP contribution in [0.3, 0.4) is 0 Å². The Labute approximate surface area is 157 Å².